The highest BCUT2D eigenvalue weighted by atomic mass is 16.5. The summed E-state index contributed by atoms with van der Waals surface area (Å²) >= 11 is 0. The van der Waals surface area contributed by atoms with Gasteiger partial charge in [0.15, 0.2) is 0 Å². The maximum Gasteiger partial charge on any atom is 0.131 e. The first-order valence-electron chi connectivity index (χ1n) is 9.38. The minimum absolute atomic E-state index is 0.411. The smallest absolute Gasteiger partial charge is 0.131 e. The molecule has 3 saturated heterocycles. The van der Waals surface area contributed by atoms with Gasteiger partial charge in [-0.05, 0) is 49.3 Å². The number of methoxy groups -OCH3 is 1. The van der Waals surface area contributed by atoms with E-state index in [0.717, 1.165) is 47.5 Å². The van der Waals surface area contributed by atoms with Gasteiger partial charge in [0, 0.05) is 30.6 Å². The molecule has 4 fully saturated rings. The predicted molar refractivity (Wildman–Crippen MR) is 94.0 cm³/mol. The lowest BCUT2D eigenvalue weighted by Crippen LogP contribution is -2.58. The van der Waals surface area contributed by atoms with Crippen molar-refractivity contribution in [2.45, 2.75) is 44.2 Å². The van der Waals surface area contributed by atoms with Crippen molar-refractivity contribution in [2.24, 2.45) is 22.7 Å². The van der Waals surface area contributed by atoms with Crippen LogP contribution < -0.4 is 4.74 Å². The van der Waals surface area contributed by atoms with Crippen LogP contribution >= 0.6 is 0 Å². The quantitative estimate of drug-likeness (QED) is 0.908. The van der Waals surface area contributed by atoms with E-state index < -0.39 is 5.60 Å². The van der Waals surface area contributed by atoms with Gasteiger partial charge in [-0.2, -0.15) is 0 Å². The van der Waals surface area contributed by atoms with Crippen molar-refractivity contribution in [1.29, 1.82) is 0 Å². The average Bonchev–Trinajstić information content (AvgIpc) is 2.88. The van der Waals surface area contributed by atoms with Crippen molar-refractivity contribution in [3.05, 3.63) is 23.8 Å². The molecule has 1 saturated carbocycles. The Hall–Kier alpha value is -1.39. The number of fused-ring (bicyclic) bond motifs is 4. The molecule has 0 amide bonds. The largest absolute Gasteiger partial charge is 0.497 e. The molecule has 4 nitrogen and oxygen atoms in total. The second kappa shape index (κ2) is 5.06. The van der Waals surface area contributed by atoms with E-state index in [-0.39, 0.29) is 0 Å². The zero-order valence-electron chi connectivity index (χ0n) is 14.5. The Balaban J connectivity index is 1.62. The minimum atomic E-state index is -0.897. The van der Waals surface area contributed by atoms with E-state index in [2.05, 4.69) is 11.8 Å². The Morgan fingerprint density at radius 2 is 2.25 bits per heavy atom. The highest BCUT2D eigenvalue weighted by molar-refractivity contribution is 6.02. The predicted octanol–water partition coefficient (Wildman–Crippen LogP) is 3.11. The molecule has 0 radical (unpaired) electrons. The van der Waals surface area contributed by atoms with E-state index in [4.69, 9.17) is 9.73 Å². The Morgan fingerprint density at radius 1 is 1.38 bits per heavy atom. The zero-order chi connectivity index (χ0) is 16.5. The van der Waals surface area contributed by atoms with Crippen molar-refractivity contribution in [3.63, 3.8) is 0 Å². The molecule has 0 spiro atoms. The van der Waals surface area contributed by atoms with Crippen LogP contribution in [0, 0.1) is 17.8 Å². The number of nitrogens with zero attached hydrogens (tertiary/aromatic N) is 2. The first kappa shape index (κ1) is 14.9. The van der Waals surface area contributed by atoms with Gasteiger partial charge in [-0.1, -0.05) is 13.3 Å². The molecule has 5 aliphatic rings. The summed E-state index contributed by atoms with van der Waals surface area (Å²) in [6.07, 6.45) is 4.55. The molecule has 4 heteroatoms. The highest BCUT2D eigenvalue weighted by Gasteiger charge is 2.56. The van der Waals surface area contributed by atoms with Gasteiger partial charge in [0.1, 0.15) is 11.4 Å². The summed E-state index contributed by atoms with van der Waals surface area (Å²) in [5, 5.41) is 11.7. The third-order valence-corrected chi connectivity index (χ3v) is 6.98. The third-order valence-electron chi connectivity index (χ3n) is 6.98. The van der Waals surface area contributed by atoms with Crippen molar-refractivity contribution in [3.8, 4) is 5.75 Å². The summed E-state index contributed by atoms with van der Waals surface area (Å²) in [5.41, 5.74) is 2.04. The highest BCUT2D eigenvalue weighted by Crippen LogP contribution is 2.53. The van der Waals surface area contributed by atoms with E-state index in [1.54, 1.807) is 7.11 Å². The summed E-state index contributed by atoms with van der Waals surface area (Å²) in [7, 11) is 1.68. The summed E-state index contributed by atoms with van der Waals surface area (Å²) in [6, 6.07) is 6.52. The fourth-order valence-electron chi connectivity index (χ4n) is 5.96. The Labute approximate surface area is 143 Å². The zero-order valence-corrected chi connectivity index (χ0v) is 14.5. The Morgan fingerprint density at radius 3 is 3.04 bits per heavy atom. The van der Waals surface area contributed by atoms with E-state index in [1.807, 2.05) is 18.2 Å². The maximum absolute atomic E-state index is 11.7. The number of aliphatic imine (C=N–C) groups is 1. The summed E-state index contributed by atoms with van der Waals surface area (Å²) < 4.78 is 5.39. The van der Waals surface area contributed by atoms with Crippen LogP contribution in [0.3, 0.4) is 0 Å². The lowest BCUT2D eigenvalue weighted by atomic mass is 9.63. The molecule has 1 aromatic carbocycles. The second-order valence-electron chi connectivity index (χ2n) is 8.09. The molecular weight excluding hydrogens is 300 g/mol. The van der Waals surface area contributed by atoms with Crippen LogP contribution in [0.15, 0.2) is 23.2 Å². The van der Waals surface area contributed by atoms with Gasteiger partial charge >= 0.3 is 0 Å². The van der Waals surface area contributed by atoms with Crippen LogP contribution in [-0.4, -0.2) is 42.0 Å². The number of rotatable bonds is 2. The van der Waals surface area contributed by atoms with Crippen LogP contribution in [0.4, 0.5) is 5.69 Å². The topological polar surface area (TPSA) is 45.1 Å². The molecule has 128 valence electrons. The number of hydrogen-bond acceptors (Lipinski definition) is 4. The van der Waals surface area contributed by atoms with Gasteiger partial charge in [-0.25, -0.2) is 0 Å². The van der Waals surface area contributed by atoms with Crippen molar-refractivity contribution in [1.82, 2.24) is 4.90 Å². The summed E-state index contributed by atoms with van der Waals surface area (Å²) in [4.78, 5) is 7.64. The SMILES string of the molecule is CC[C@H]1C[C@@H]2C[C@H]3C4=Nc5ccc(OC)cc5[C@@]4(O)CCN(C2)[C@@H]13. The summed E-state index contributed by atoms with van der Waals surface area (Å²) in [5.74, 6) is 2.74. The molecule has 1 unspecified atom stereocenters. The second-order valence-corrected chi connectivity index (χ2v) is 8.09. The van der Waals surface area contributed by atoms with Gasteiger partial charge in [-0.15, -0.1) is 0 Å². The number of ether oxygens (including phenoxy) is 1. The first-order valence-corrected chi connectivity index (χ1v) is 9.38. The molecule has 24 heavy (non-hydrogen) atoms. The van der Waals surface area contributed by atoms with Crippen LogP contribution in [0.2, 0.25) is 0 Å². The average molecular weight is 326 g/mol. The maximum atomic E-state index is 11.7. The van der Waals surface area contributed by atoms with Crippen LogP contribution in [0.1, 0.15) is 38.2 Å². The number of benzene rings is 1. The van der Waals surface area contributed by atoms with Gasteiger partial charge in [0.2, 0.25) is 0 Å². The van der Waals surface area contributed by atoms with Crippen molar-refractivity contribution < 1.29 is 9.84 Å². The molecule has 1 aromatic rings. The fraction of sp³-hybridized carbons (Fsp3) is 0.650. The van der Waals surface area contributed by atoms with E-state index in [1.165, 1.54) is 25.8 Å². The molecule has 4 heterocycles. The normalized spacial score (nSPS) is 42.1. The van der Waals surface area contributed by atoms with Gasteiger partial charge < -0.3 is 9.84 Å². The lowest BCUT2D eigenvalue weighted by Gasteiger charge is -2.53. The molecule has 0 aromatic heterocycles. The Kier molecular flexibility index (Phi) is 3.14. The van der Waals surface area contributed by atoms with Crippen molar-refractivity contribution in [2.75, 3.05) is 20.2 Å². The van der Waals surface area contributed by atoms with Gasteiger partial charge in [0.05, 0.1) is 18.5 Å². The van der Waals surface area contributed by atoms with E-state index in [0.29, 0.717) is 12.0 Å². The molecule has 4 bridgehead atoms. The molecule has 1 aliphatic carbocycles. The Bertz CT molecular complexity index is 716. The van der Waals surface area contributed by atoms with E-state index >= 15 is 0 Å². The molecule has 4 aliphatic heterocycles. The number of hydrogen-bond donors (Lipinski definition) is 1. The fourth-order valence-corrected chi connectivity index (χ4v) is 5.96. The van der Waals surface area contributed by atoms with Crippen LogP contribution in [0.25, 0.3) is 0 Å². The number of piperidine rings is 2. The molecule has 1 N–H and O–H groups in total. The van der Waals surface area contributed by atoms with Gasteiger partial charge in [-0.3, -0.25) is 9.89 Å². The van der Waals surface area contributed by atoms with Crippen LogP contribution in [-0.2, 0) is 5.60 Å². The monoisotopic (exact) mass is 326 g/mol. The van der Waals surface area contributed by atoms with Crippen molar-refractivity contribution >= 4 is 11.4 Å². The van der Waals surface area contributed by atoms with E-state index in [9.17, 15) is 5.11 Å². The first-order chi connectivity index (χ1) is 11.6. The minimum Gasteiger partial charge on any atom is -0.497 e. The lowest BCUT2D eigenvalue weighted by molar-refractivity contribution is -0.0182. The van der Waals surface area contributed by atoms with Gasteiger partial charge in [0.25, 0.3) is 0 Å². The molecular formula is C20H26N2O2. The molecule has 6 rings (SSSR count). The standard InChI is InChI=1S/C20H26N2O2/c1-3-13-8-12-9-15-18(13)22(11-12)7-6-20(23)16-10-14(24-2)4-5-17(16)21-19(15)20/h4-5,10,12-13,15,18,23H,3,6-9,11H2,1-2H3/t12-,13+,15-,18+,20+/m1/s1. The molecule has 6 atom stereocenters. The summed E-state index contributed by atoms with van der Waals surface area (Å²) in [6.45, 7) is 4.51. The van der Waals surface area contributed by atoms with Crippen LogP contribution in [0.5, 0.6) is 5.75 Å². The number of aliphatic hydroxyl groups is 1. The third kappa shape index (κ3) is 1.84.